The normalized spacial score (nSPS) is 30.7. The molecule has 1 saturated carbocycles. The van der Waals surface area contributed by atoms with E-state index >= 15 is 0 Å². The standard InChI is InChI=1S/C17H19BrN2O3.2C2H6/c1-23-12-4-6-16(7-5-12)9-10-2-3-11(18)8-13(10)17(16)14(21)19-15(22)20-17;2*1-2/h2-3,8,12H,4-7,9H2,1H3,(H2,19,20,21,22);2*1-2H3. The number of fused-ring (bicyclic) bond motifs is 3. The molecule has 3 aliphatic rings. The van der Waals surface area contributed by atoms with E-state index in [0.717, 1.165) is 47.7 Å². The molecule has 1 aliphatic heterocycles. The van der Waals surface area contributed by atoms with E-state index in [1.165, 1.54) is 0 Å². The Kier molecular flexibility index (Phi) is 7.09. The number of nitrogens with one attached hydrogen (secondary N) is 2. The molecule has 1 heterocycles. The summed E-state index contributed by atoms with van der Waals surface area (Å²) >= 11 is 3.50. The van der Waals surface area contributed by atoms with E-state index in [2.05, 4.69) is 32.6 Å². The van der Waals surface area contributed by atoms with E-state index < -0.39 is 11.6 Å². The third-order valence-corrected chi connectivity index (χ3v) is 6.39. The first-order valence-corrected chi connectivity index (χ1v) is 10.8. The fourth-order valence-corrected chi connectivity index (χ4v) is 5.15. The topological polar surface area (TPSA) is 67.4 Å². The van der Waals surface area contributed by atoms with Crippen molar-refractivity contribution in [2.45, 2.75) is 71.4 Å². The first kappa shape index (κ1) is 21.9. The van der Waals surface area contributed by atoms with Crippen LogP contribution in [-0.4, -0.2) is 25.2 Å². The SMILES string of the molecule is CC.CC.COC1CCC2(CC1)Cc1ccc(Br)cc1C21NC(=O)NC1=O. The van der Waals surface area contributed by atoms with E-state index in [0.29, 0.717) is 0 Å². The molecule has 27 heavy (non-hydrogen) atoms. The summed E-state index contributed by atoms with van der Waals surface area (Å²) in [7, 11) is 1.74. The summed E-state index contributed by atoms with van der Waals surface area (Å²) in [5.74, 6) is -0.213. The van der Waals surface area contributed by atoms with Crippen molar-refractivity contribution in [1.82, 2.24) is 10.6 Å². The minimum Gasteiger partial charge on any atom is -0.381 e. The number of hydrogen-bond donors (Lipinski definition) is 2. The summed E-state index contributed by atoms with van der Waals surface area (Å²) in [5, 5.41) is 5.47. The molecule has 1 saturated heterocycles. The summed E-state index contributed by atoms with van der Waals surface area (Å²) in [6.45, 7) is 8.00. The average Bonchev–Trinajstić information content (AvgIpc) is 3.14. The predicted octanol–water partition coefficient (Wildman–Crippen LogP) is 4.67. The van der Waals surface area contributed by atoms with E-state index in [4.69, 9.17) is 4.74 Å². The Bertz CT molecular complexity index is 699. The van der Waals surface area contributed by atoms with Crippen LogP contribution < -0.4 is 10.6 Å². The maximum absolute atomic E-state index is 12.9. The Labute approximate surface area is 170 Å². The zero-order valence-corrected chi connectivity index (χ0v) is 18.5. The van der Waals surface area contributed by atoms with Gasteiger partial charge in [0, 0.05) is 17.0 Å². The molecular formula is C21H31BrN2O3. The van der Waals surface area contributed by atoms with Crippen LogP contribution in [0, 0.1) is 5.41 Å². The van der Waals surface area contributed by atoms with E-state index in [1.54, 1.807) is 7.11 Å². The number of ether oxygens (including phenoxy) is 1. The summed E-state index contributed by atoms with van der Waals surface area (Å²) in [6.07, 6.45) is 4.62. The zero-order valence-electron chi connectivity index (χ0n) is 16.9. The molecule has 1 unspecified atom stereocenters. The third-order valence-electron chi connectivity index (χ3n) is 5.89. The number of amides is 3. The fraction of sp³-hybridized carbons (Fsp3) is 0.619. The largest absolute Gasteiger partial charge is 0.381 e. The summed E-state index contributed by atoms with van der Waals surface area (Å²) in [6, 6.07) is 5.66. The van der Waals surface area contributed by atoms with Gasteiger partial charge in [-0.25, -0.2) is 4.79 Å². The van der Waals surface area contributed by atoms with Crippen molar-refractivity contribution in [3.8, 4) is 0 Å². The van der Waals surface area contributed by atoms with Crippen molar-refractivity contribution in [1.29, 1.82) is 0 Å². The van der Waals surface area contributed by atoms with Gasteiger partial charge in [0.1, 0.15) is 0 Å². The number of carbonyl (C=O) groups excluding carboxylic acids is 2. The molecule has 5 nitrogen and oxygen atoms in total. The number of carbonyl (C=O) groups is 2. The highest BCUT2D eigenvalue weighted by Gasteiger charge is 2.66. The van der Waals surface area contributed by atoms with Crippen molar-refractivity contribution in [2.75, 3.05) is 7.11 Å². The Morgan fingerprint density at radius 3 is 2.26 bits per heavy atom. The third kappa shape index (κ3) is 3.42. The summed E-state index contributed by atoms with van der Waals surface area (Å²) in [5.41, 5.74) is 0.885. The molecular weight excluding hydrogens is 408 g/mol. The molecule has 0 bridgehead atoms. The highest BCUT2D eigenvalue weighted by molar-refractivity contribution is 9.10. The van der Waals surface area contributed by atoms with Gasteiger partial charge in [0.05, 0.1) is 6.10 Å². The van der Waals surface area contributed by atoms with E-state index in [-0.39, 0.29) is 17.4 Å². The van der Waals surface area contributed by atoms with E-state index in [9.17, 15) is 9.59 Å². The number of benzene rings is 1. The molecule has 6 heteroatoms. The first-order chi connectivity index (χ1) is 13.0. The van der Waals surface area contributed by atoms with Crippen molar-refractivity contribution in [2.24, 2.45) is 5.41 Å². The number of hydrogen-bond acceptors (Lipinski definition) is 3. The number of rotatable bonds is 1. The van der Waals surface area contributed by atoms with Gasteiger partial charge in [-0.15, -0.1) is 0 Å². The van der Waals surface area contributed by atoms with Gasteiger partial charge < -0.3 is 10.1 Å². The predicted molar refractivity (Wildman–Crippen MR) is 111 cm³/mol. The molecule has 1 aromatic carbocycles. The van der Waals surface area contributed by atoms with Gasteiger partial charge in [0.2, 0.25) is 0 Å². The van der Waals surface area contributed by atoms with Gasteiger partial charge in [0.25, 0.3) is 5.91 Å². The van der Waals surface area contributed by atoms with Crippen molar-refractivity contribution >= 4 is 27.9 Å². The minimum absolute atomic E-state index is 0.213. The summed E-state index contributed by atoms with van der Waals surface area (Å²) < 4.78 is 6.42. The number of methoxy groups -OCH3 is 1. The van der Waals surface area contributed by atoms with E-state index in [1.807, 2.05) is 39.8 Å². The van der Waals surface area contributed by atoms with Crippen LogP contribution in [0.15, 0.2) is 22.7 Å². The lowest BCUT2D eigenvalue weighted by Gasteiger charge is -2.46. The Balaban J connectivity index is 0.000000614. The molecule has 0 aromatic heterocycles. The monoisotopic (exact) mass is 438 g/mol. The quantitative estimate of drug-likeness (QED) is 0.625. The molecule has 2 N–H and O–H groups in total. The maximum Gasteiger partial charge on any atom is 0.322 e. The van der Waals surface area contributed by atoms with Gasteiger partial charge in [0.15, 0.2) is 5.54 Å². The van der Waals surface area contributed by atoms with Crippen LogP contribution in [0.2, 0.25) is 0 Å². The second-order valence-electron chi connectivity index (χ2n) is 6.85. The molecule has 1 atom stereocenters. The molecule has 2 fully saturated rings. The van der Waals surface area contributed by atoms with Gasteiger partial charge in [-0.05, 0) is 55.4 Å². The molecule has 1 aromatic rings. The molecule has 2 spiro atoms. The maximum atomic E-state index is 12.9. The molecule has 3 amide bonds. The van der Waals surface area contributed by atoms with Gasteiger partial charge in [-0.2, -0.15) is 0 Å². The smallest absolute Gasteiger partial charge is 0.322 e. The highest BCUT2D eigenvalue weighted by Crippen LogP contribution is 2.59. The lowest BCUT2D eigenvalue weighted by Crippen LogP contribution is -2.56. The fourth-order valence-electron chi connectivity index (χ4n) is 4.78. The number of halogens is 1. The van der Waals surface area contributed by atoms with Crippen LogP contribution in [0.4, 0.5) is 4.79 Å². The summed E-state index contributed by atoms with van der Waals surface area (Å²) in [4.78, 5) is 24.8. The minimum atomic E-state index is -0.943. The van der Waals surface area contributed by atoms with Crippen LogP contribution in [0.1, 0.15) is 64.5 Å². The van der Waals surface area contributed by atoms with Crippen LogP contribution in [0.25, 0.3) is 0 Å². The number of urea groups is 1. The van der Waals surface area contributed by atoms with Crippen LogP contribution in [-0.2, 0) is 21.5 Å². The molecule has 2 aliphatic carbocycles. The Morgan fingerprint density at radius 1 is 1.11 bits per heavy atom. The number of imide groups is 1. The highest BCUT2D eigenvalue weighted by atomic mass is 79.9. The van der Waals surface area contributed by atoms with Crippen molar-refractivity contribution < 1.29 is 14.3 Å². The Morgan fingerprint density at radius 2 is 1.74 bits per heavy atom. The lowest BCUT2D eigenvalue weighted by molar-refractivity contribution is -0.131. The van der Waals surface area contributed by atoms with Crippen LogP contribution in [0.3, 0.4) is 0 Å². The van der Waals surface area contributed by atoms with Gasteiger partial charge in [-0.1, -0.05) is 49.7 Å². The van der Waals surface area contributed by atoms with Crippen molar-refractivity contribution in [3.05, 3.63) is 33.8 Å². The molecule has 0 radical (unpaired) electrons. The van der Waals surface area contributed by atoms with Gasteiger partial charge in [-0.3, -0.25) is 10.1 Å². The van der Waals surface area contributed by atoms with Gasteiger partial charge >= 0.3 is 6.03 Å². The first-order valence-electron chi connectivity index (χ1n) is 9.96. The second-order valence-corrected chi connectivity index (χ2v) is 7.77. The van der Waals surface area contributed by atoms with Crippen molar-refractivity contribution in [3.63, 3.8) is 0 Å². The Hall–Kier alpha value is -1.40. The molecule has 4 rings (SSSR count). The lowest BCUT2D eigenvalue weighted by atomic mass is 9.61. The second kappa shape index (κ2) is 8.74. The molecule has 150 valence electrons. The average molecular weight is 439 g/mol. The van der Waals surface area contributed by atoms with Crippen LogP contribution >= 0.6 is 15.9 Å². The zero-order chi connectivity index (χ0) is 20.2. The van der Waals surface area contributed by atoms with Crippen LogP contribution in [0.5, 0.6) is 0 Å².